The van der Waals surface area contributed by atoms with Gasteiger partial charge < -0.3 is 44.0 Å². The quantitative estimate of drug-likeness (QED) is 0.0807. The number of thioether (sulfide) groups is 1. The molecule has 6 amide bonds. The second kappa shape index (κ2) is 17.1. The Hall–Kier alpha value is -3.40. The van der Waals surface area contributed by atoms with E-state index in [0.717, 1.165) is 0 Å². The molecule has 204 valence electrons. The average Bonchev–Trinajstić information content (AvgIpc) is 2.79. The molecule has 0 rings (SSSR count). The van der Waals surface area contributed by atoms with Gasteiger partial charge in [0.2, 0.25) is 35.4 Å². The number of nitrogens with one attached hydrogen (secondary N) is 3. The van der Waals surface area contributed by atoms with Crippen molar-refractivity contribution in [1.82, 2.24) is 16.0 Å². The number of carbonyl (C=O) groups is 7. The van der Waals surface area contributed by atoms with Crippen molar-refractivity contribution >= 4 is 53.2 Å². The molecule has 0 saturated heterocycles. The molecule has 0 bridgehead atoms. The first-order chi connectivity index (χ1) is 16.8. The maximum absolute atomic E-state index is 12.9. The van der Waals surface area contributed by atoms with Crippen molar-refractivity contribution in [2.45, 2.75) is 69.1 Å². The predicted molar refractivity (Wildman–Crippen MR) is 130 cm³/mol. The van der Waals surface area contributed by atoms with Crippen LogP contribution in [-0.4, -0.2) is 82.7 Å². The standard InChI is InChI=1S/C20H35N7O8S/c1-36-9-8-12(19(33)27-13(20(34)35)4-7-16(24)30)26-18(32)11(3-6-15(23)29)25-17(31)10(21)2-5-14(22)28/h10-13H,2-9,21H2,1H3,(H2,22,28)(H2,23,29)(H2,24,30)(H,25,31)(H,26,32)(H,27,33)(H,34,35). The van der Waals surface area contributed by atoms with E-state index < -0.39 is 65.6 Å². The van der Waals surface area contributed by atoms with Gasteiger partial charge in [-0.25, -0.2) is 4.79 Å². The summed E-state index contributed by atoms with van der Waals surface area (Å²) in [5, 5.41) is 16.4. The lowest BCUT2D eigenvalue weighted by atomic mass is 10.1. The van der Waals surface area contributed by atoms with E-state index in [-0.39, 0.29) is 44.9 Å². The van der Waals surface area contributed by atoms with Crippen molar-refractivity contribution in [3.63, 3.8) is 0 Å². The zero-order valence-corrected chi connectivity index (χ0v) is 20.8. The van der Waals surface area contributed by atoms with Crippen molar-refractivity contribution in [3.05, 3.63) is 0 Å². The Morgan fingerprint density at radius 3 is 1.50 bits per heavy atom. The third kappa shape index (κ3) is 14.1. The zero-order valence-electron chi connectivity index (χ0n) is 20.0. The summed E-state index contributed by atoms with van der Waals surface area (Å²) in [6, 6.07) is -5.10. The summed E-state index contributed by atoms with van der Waals surface area (Å²) < 4.78 is 0. The third-order valence-electron chi connectivity index (χ3n) is 4.89. The Morgan fingerprint density at radius 1 is 0.667 bits per heavy atom. The van der Waals surface area contributed by atoms with Crippen molar-refractivity contribution in [2.75, 3.05) is 12.0 Å². The van der Waals surface area contributed by atoms with E-state index in [4.69, 9.17) is 22.9 Å². The highest BCUT2D eigenvalue weighted by molar-refractivity contribution is 7.98. The molecular weight excluding hydrogens is 498 g/mol. The number of carboxylic acids is 1. The second-order valence-electron chi connectivity index (χ2n) is 7.92. The molecule has 0 saturated carbocycles. The molecule has 0 heterocycles. The van der Waals surface area contributed by atoms with E-state index in [1.165, 1.54) is 11.8 Å². The van der Waals surface area contributed by atoms with E-state index in [2.05, 4.69) is 16.0 Å². The van der Waals surface area contributed by atoms with Crippen LogP contribution in [0.4, 0.5) is 0 Å². The highest BCUT2D eigenvalue weighted by Gasteiger charge is 2.30. The molecule has 4 unspecified atom stereocenters. The Balaban J connectivity index is 5.52. The molecule has 16 heteroatoms. The SMILES string of the molecule is CSCCC(NC(=O)C(CCC(N)=O)NC(=O)C(N)CCC(N)=O)C(=O)NC(CCC(N)=O)C(=O)O. The number of hydrogen-bond donors (Lipinski definition) is 8. The van der Waals surface area contributed by atoms with Crippen molar-refractivity contribution in [1.29, 1.82) is 0 Å². The number of rotatable bonds is 19. The highest BCUT2D eigenvalue weighted by Crippen LogP contribution is 2.07. The first kappa shape index (κ1) is 32.6. The van der Waals surface area contributed by atoms with Crippen LogP contribution in [0.3, 0.4) is 0 Å². The number of amides is 6. The van der Waals surface area contributed by atoms with Gasteiger partial charge in [-0.1, -0.05) is 0 Å². The van der Waals surface area contributed by atoms with E-state index in [1.54, 1.807) is 6.26 Å². The monoisotopic (exact) mass is 533 g/mol. The van der Waals surface area contributed by atoms with Gasteiger partial charge in [0.25, 0.3) is 0 Å². The van der Waals surface area contributed by atoms with Gasteiger partial charge in [0.1, 0.15) is 18.1 Å². The van der Waals surface area contributed by atoms with Gasteiger partial charge >= 0.3 is 5.97 Å². The van der Waals surface area contributed by atoms with Gasteiger partial charge in [0, 0.05) is 19.3 Å². The molecular formula is C20H35N7O8S. The minimum absolute atomic E-state index is 0.0774. The Morgan fingerprint density at radius 2 is 1.06 bits per heavy atom. The summed E-state index contributed by atoms with van der Waals surface area (Å²) in [6.45, 7) is 0. The van der Waals surface area contributed by atoms with Crippen molar-refractivity contribution in [3.8, 4) is 0 Å². The first-order valence-corrected chi connectivity index (χ1v) is 12.4. The first-order valence-electron chi connectivity index (χ1n) is 11.0. The minimum atomic E-state index is -1.42. The van der Waals surface area contributed by atoms with Gasteiger partial charge in [0.15, 0.2) is 0 Å². The lowest BCUT2D eigenvalue weighted by Crippen LogP contribution is -2.57. The Kier molecular flexibility index (Phi) is 15.5. The normalized spacial score (nSPS) is 13.9. The molecule has 0 aliphatic heterocycles. The molecule has 0 radical (unpaired) electrons. The van der Waals surface area contributed by atoms with Crippen LogP contribution in [0.1, 0.15) is 44.9 Å². The summed E-state index contributed by atoms with van der Waals surface area (Å²) in [5.41, 5.74) is 20.9. The van der Waals surface area contributed by atoms with Crippen molar-refractivity contribution < 1.29 is 38.7 Å². The van der Waals surface area contributed by atoms with Gasteiger partial charge in [-0.2, -0.15) is 11.8 Å². The summed E-state index contributed by atoms with van der Waals surface area (Å²) >= 11 is 1.36. The summed E-state index contributed by atoms with van der Waals surface area (Å²) in [4.78, 5) is 82.7. The Labute approximate surface area is 212 Å². The third-order valence-corrected chi connectivity index (χ3v) is 5.53. The second-order valence-corrected chi connectivity index (χ2v) is 8.91. The maximum atomic E-state index is 12.9. The van der Waals surface area contributed by atoms with E-state index in [9.17, 15) is 38.7 Å². The minimum Gasteiger partial charge on any atom is -0.480 e. The molecule has 0 aliphatic carbocycles. The molecule has 0 fully saturated rings. The zero-order chi connectivity index (χ0) is 27.8. The van der Waals surface area contributed by atoms with Crippen LogP contribution in [-0.2, 0) is 33.6 Å². The highest BCUT2D eigenvalue weighted by atomic mass is 32.2. The number of carbonyl (C=O) groups excluding carboxylic acids is 6. The van der Waals surface area contributed by atoms with Crippen LogP contribution >= 0.6 is 11.8 Å². The maximum Gasteiger partial charge on any atom is 0.326 e. The molecule has 0 aliphatic rings. The number of carboxylic acid groups (broad SMARTS) is 1. The van der Waals surface area contributed by atoms with Crippen LogP contribution in [0.25, 0.3) is 0 Å². The lowest BCUT2D eigenvalue weighted by Gasteiger charge is -2.25. The fraction of sp³-hybridized carbons (Fsp3) is 0.650. The number of nitrogens with two attached hydrogens (primary N) is 4. The summed E-state index contributed by atoms with van der Waals surface area (Å²) in [6.07, 6.45) is 0.614. The summed E-state index contributed by atoms with van der Waals surface area (Å²) in [7, 11) is 0. The van der Waals surface area contributed by atoms with Gasteiger partial charge in [-0.05, 0) is 37.7 Å². The van der Waals surface area contributed by atoms with Crippen LogP contribution in [0.5, 0.6) is 0 Å². The smallest absolute Gasteiger partial charge is 0.326 e. The van der Waals surface area contributed by atoms with Gasteiger partial charge in [-0.3, -0.25) is 28.8 Å². The van der Waals surface area contributed by atoms with Gasteiger partial charge in [-0.15, -0.1) is 0 Å². The number of hydrogen-bond acceptors (Lipinski definition) is 9. The topological polar surface area (TPSA) is 280 Å². The molecule has 0 aromatic heterocycles. The Bertz CT molecular complexity index is 826. The van der Waals surface area contributed by atoms with E-state index in [1.807, 2.05) is 0 Å². The average molecular weight is 534 g/mol. The molecule has 12 N–H and O–H groups in total. The summed E-state index contributed by atoms with van der Waals surface area (Å²) in [5.74, 6) is -5.59. The fourth-order valence-corrected chi connectivity index (χ4v) is 3.33. The molecule has 4 atom stereocenters. The molecule has 15 nitrogen and oxygen atoms in total. The predicted octanol–water partition coefficient (Wildman–Crippen LogP) is -3.60. The lowest BCUT2D eigenvalue weighted by molar-refractivity contribution is -0.142. The van der Waals surface area contributed by atoms with Gasteiger partial charge in [0.05, 0.1) is 6.04 Å². The molecule has 0 spiro atoms. The fourth-order valence-electron chi connectivity index (χ4n) is 2.86. The molecule has 0 aromatic carbocycles. The van der Waals surface area contributed by atoms with Crippen LogP contribution in [0, 0.1) is 0 Å². The van der Waals surface area contributed by atoms with E-state index in [0.29, 0.717) is 5.75 Å². The van der Waals surface area contributed by atoms with Crippen LogP contribution in [0.15, 0.2) is 0 Å². The van der Waals surface area contributed by atoms with Crippen LogP contribution in [0.2, 0.25) is 0 Å². The number of aliphatic carboxylic acids is 1. The number of primary amides is 3. The van der Waals surface area contributed by atoms with E-state index >= 15 is 0 Å². The van der Waals surface area contributed by atoms with Crippen molar-refractivity contribution in [2.24, 2.45) is 22.9 Å². The molecule has 0 aromatic rings. The largest absolute Gasteiger partial charge is 0.480 e. The molecule has 36 heavy (non-hydrogen) atoms. The van der Waals surface area contributed by atoms with Crippen LogP contribution < -0.4 is 38.9 Å².